The van der Waals surface area contributed by atoms with Gasteiger partial charge in [0.15, 0.2) is 6.61 Å². The topological polar surface area (TPSA) is 164 Å². The first-order valence-corrected chi connectivity index (χ1v) is 19.3. The quantitative estimate of drug-likeness (QED) is 0.234. The predicted octanol–water partition coefficient (Wildman–Crippen LogP) is 2.94. The summed E-state index contributed by atoms with van der Waals surface area (Å²) in [6.45, 7) is 3.84. The van der Waals surface area contributed by atoms with Gasteiger partial charge in [0.05, 0.1) is 24.9 Å². The van der Waals surface area contributed by atoms with Crippen LogP contribution >= 0.6 is 0 Å². The van der Waals surface area contributed by atoms with E-state index >= 15 is 0 Å². The van der Waals surface area contributed by atoms with Crippen LogP contribution in [0.2, 0.25) is 0 Å². The minimum atomic E-state index is -1.02. The van der Waals surface area contributed by atoms with Crippen molar-refractivity contribution in [3.05, 3.63) is 108 Å². The van der Waals surface area contributed by atoms with E-state index in [2.05, 4.69) is 21.0 Å². The summed E-state index contributed by atoms with van der Waals surface area (Å²) in [5, 5.41) is 13.5. The van der Waals surface area contributed by atoms with Crippen molar-refractivity contribution in [3.63, 3.8) is 0 Å². The lowest BCUT2D eigenvalue weighted by Gasteiger charge is -2.29. The van der Waals surface area contributed by atoms with Crippen molar-refractivity contribution in [3.8, 4) is 17.0 Å². The number of carbonyl (C=O) groups is 5. The zero-order valence-corrected chi connectivity index (χ0v) is 32.9. The van der Waals surface area contributed by atoms with Gasteiger partial charge in [-0.15, -0.1) is 0 Å². The van der Waals surface area contributed by atoms with E-state index in [1.807, 2.05) is 80.6 Å². The minimum Gasteiger partial charge on any atom is -0.484 e. The number of benzene rings is 3. The Labute approximate surface area is 332 Å². The smallest absolute Gasteiger partial charge is 0.272 e. The zero-order valence-electron chi connectivity index (χ0n) is 32.9. The summed E-state index contributed by atoms with van der Waals surface area (Å²) in [6, 6.07) is 25.4. The maximum Gasteiger partial charge on any atom is 0.272 e. The van der Waals surface area contributed by atoms with Crippen LogP contribution in [0.15, 0.2) is 91.0 Å². The Hall–Kier alpha value is -6.02. The van der Waals surface area contributed by atoms with E-state index in [1.54, 1.807) is 40.9 Å². The molecule has 2 aliphatic heterocycles. The number of likely N-dealkylation sites (tertiary alicyclic amines) is 1. The third kappa shape index (κ3) is 10.4. The number of ether oxygens (including phenoxy) is 2. The van der Waals surface area contributed by atoms with Gasteiger partial charge in [-0.1, -0.05) is 86.6 Å². The number of carbonyl (C=O) groups excluding carboxylic acids is 5. The monoisotopic (exact) mass is 777 g/mol. The molecule has 6 rings (SSSR count). The van der Waals surface area contributed by atoms with Crippen LogP contribution in [0.3, 0.4) is 0 Å². The number of aryl methyl sites for hydroxylation is 1. The van der Waals surface area contributed by atoms with Crippen molar-refractivity contribution < 1.29 is 33.4 Å². The number of methoxy groups -OCH3 is 1. The number of amides is 5. The van der Waals surface area contributed by atoms with Crippen LogP contribution in [0.1, 0.15) is 47.8 Å². The van der Waals surface area contributed by atoms with Crippen LogP contribution < -0.4 is 20.7 Å². The number of fused-ring (bicyclic) bond motifs is 4. The SMILES string of the molecule is COCCN1CC(=O)N[C@@H](Cc2ccccc2)C(=O)N[C@@H]2CN(C(=O)c3cc(-c4ccccc4)nn3C)C[C@H]2c2cccc(c2)OCC(=O)N[C@H](CC(C)C)C1=O. The molecule has 2 bridgehead atoms. The van der Waals surface area contributed by atoms with Gasteiger partial charge in [-0.05, 0) is 41.7 Å². The van der Waals surface area contributed by atoms with Crippen LogP contribution in [0, 0.1) is 5.92 Å². The molecule has 0 unspecified atom stereocenters. The van der Waals surface area contributed by atoms with Gasteiger partial charge in [0.25, 0.3) is 11.8 Å². The molecule has 1 fully saturated rings. The summed E-state index contributed by atoms with van der Waals surface area (Å²) >= 11 is 0. The van der Waals surface area contributed by atoms with Gasteiger partial charge in [-0.25, -0.2) is 0 Å². The molecule has 3 aromatic carbocycles. The molecule has 14 nitrogen and oxygen atoms in total. The maximum atomic E-state index is 14.4. The molecular weight excluding hydrogens is 727 g/mol. The maximum absolute atomic E-state index is 14.4. The zero-order chi connectivity index (χ0) is 40.5. The van der Waals surface area contributed by atoms with Gasteiger partial charge in [-0.3, -0.25) is 28.7 Å². The van der Waals surface area contributed by atoms with Crippen LogP contribution in [0.5, 0.6) is 5.75 Å². The van der Waals surface area contributed by atoms with Crippen molar-refractivity contribution in [2.45, 2.75) is 50.7 Å². The molecule has 3 heterocycles. The molecule has 1 saturated heterocycles. The normalized spacial score (nSPS) is 20.9. The Balaban J connectivity index is 1.34. The first kappa shape index (κ1) is 40.6. The van der Waals surface area contributed by atoms with Crippen molar-refractivity contribution in [2.75, 3.05) is 46.5 Å². The fourth-order valence-electron chi connectivity index (χ4n) is 7.39. The number of aromatic nitrogens is 2. The van der Waals surface area contributed by atoms with Crippen LogP contribution in [-0.4, -0.2) is 114 Å². The number of hydrogen-bond acceptors (Lipinski definition) is 8. The van der Waals surface area contributed by atoms with E-state index < -0.39 is 41.8 Å². The summed E-state index contributed by atoms with van der Waals surface area (Å²) < 4.78 is 12.8. The predicted molar refractivity (Wildman–Crippen MR) is 213 cm³/mol. The van der Waals surface area contributed by atoms with E-state index in [9.17, 15) is 24.0 Å². The third-order valence-electron chi connectivity index (χ3n) is 10.2. The Bertz CT molecular complexity index is 2040. The second kappa shape index (κ2) is 18.7. The molecule has 0 spiro atoms. The number of nitrogens with zero attached hydrogens (tertiary/aromatic N) is 4. The van der Waals surface area contributed by atoms with Crippen molar-refractivity contribution in [1.82, 2.24) is 35.5 Å². The molecule has 14 heteroatoms. The summed E-state index contributed by atoms with van der Waals surface area (Å²) in [5.41, 5.74) is 3.55. The fraction of sp³-hybridized carbons (Fsp3) is 0.395. The summed E-state index contributed by atoms with van der Waals surface area (Å²) in [7, 11) is 3.22. The van der Waals surface area contributed by atoms with E-state index in [0.717, 1.165) is 16.7 Å². The minimum absolute atomic E-state index is 0.0429. The molecule has 2 aliphatic rings. The Morgan fingerprint density at radius 2 is 1.60 bits per heavy atom. The van der Waals surface area contributed by atoms with Crippen molar-refractivity contribution in [2.24, 2.45) is 13.0 Å². The average molecular weight is 778 g/mol. The van der Waals surface area contributed by atoms with E-state index in [-0.39, 0.29) is 63.6 Å². The summed E-state index contributed by atoms with van der Waals surface area (Å²) in [4.78, 5) is 72.7. The van der Waals surface area contributed by atoms with E-state index in [4.69, 9.17) is 9.47 Å². The largest absolute Gasteiger partial charge is 0.484 e. The molecule has 4 aromatic rings. The van der Waals surface area contributed by atoms with Crippen LogP contribution in [-0.2, 0) is 37.4 Å². The molecule has 0 aliphatic carbocycles. The van der Waals surface area contributed by atoms with Crippen LogP contribution in [0.25, 0.3) is 11.3 Å². The van der Waals surface area contributed by atoms with Crippen molar-refractivity contribution >= 4 is 29.5 Å². The Kier molecular flexibility index (Phi) is 13.4. The molecule has 300 valence electrons. The standard InChI is InChI=1S/C43H51N7O7/c1-28(2)20-36-42(54)49(18-19-56-4)26-39(51)44-35(21-29-12-7-5-8-13-29)41(53)46-37-25-50(24-33(37)31-16-11-17-32(22-31)57-27-40(52)45-36)43(55)38-23-34(47-48(38)3)30-14-9-6-10-15-30/h5-17,22-23,28,33,35-37H,18-21,24-27H2,1-4H3,(H,44,51)(H,45,52)(H,46,53)/t33-,35-,36+,37+/m0/s1. The highest BCUT2D eigenvalue weighted by atomic mass is 16.5. The van der Waals surface area contributed by atoms with E-state index in [1.165, 1.54) is 12.0 Å². The highest BCUT2D eigenvalue weighted by Crippen LogP contribution is 2.32. The average Bonchev–Trinajstić information content (AvgIpc) is 3.81. The Morgan fingerprint density at radius 1 is 0.877 bits per heavy atom. The molecule has 0 saturated carbocycles. The molecule has 3 N–H and O–H groups in total. The van der Waals surface area contributed by atoms with Gasteiger partial charge in [-0.2, -0.15) is 5.10 Å². The van der Waals surface area contributed by atoms with Gasteiger partial charge in [0, 0.05) is 51.7 Å². The molecule has 5 amide bonds. The lowest BCUT2D eigenvalue weighted by Crippen LogP contribution is -2.56. The molecule has 57 heavy (non-hydrogen) atoms. The van der Waals surface area contributed by atoms with Gasteiger partial charge >= 0.3 is 0 Å². The lowest BCUT2D eigenvalue weighted by atomic mass is 9.93. The van der Waals surface area contributed by atoms with Gasteiger partial charge in [0.1, 0.15) is 23.5 Å². The number of hydrogen-bond donors (Lipinski definition) is 3. The van der Waals surface area contributed by atoms with Crippen molar-refractivity contribution in [1.29, 1.82) is 0 Å². The van der Waals surface area contributed by atoms with Gasteiger partial charge in [0.2, 0.25) is 17.7 Å². The highest BCUT2D eigenvalue weighted by molar-refractivity contribution is 5.95. The molecular formula is C43H51N7O7. The first-order chi connectivity index (χ1) is 27.5. The second-order valence-electron chi connectivity index (χ2n) is 15.0. The summed E-state index contributed by atoms with van der Waals surface area (Å²) in [6.07, 6.45) is 0.506. The molecule has 0 radical (unpaired) electrons. The third-order valence-corrected chi connectivity index (χ3v) is 10.2. The first-order valence-electron chi connectivity index (χ1n) is 19.3. The molecule has 1 aromatic heterocycles. The highest BCUT2D eigenvalue weighted by Gasteiger charge is 2.40. The number of rotatable bonds is 9. The number of nitrogens with one attached hydrogen (secondary N) is 3. The van der Waals surface area contributed by atoms with Gasteiger partial charge < -0.3 is 35.2 Å². The Morgan fingerprint density at radius 3 is 2.32 bits per heavy atom. The molecule has 4 atom stereocenters. The van der Waals surface area contributed by atoms with Crippen LogP contribution in [0.4, 0.5) is 0 Å². The van der Waals surface area contributed by atoms with E-state index in [0.29, 0.717) is 23.6 Å². The lowest BCUT2D eigenvalue weighted by molar-refractivity contribution is -0.141. The second-order valence-corrected chi connectivity index (χ2v) is 15.0. The fourth-order valence-corrected chi connectivity index (χ4v) is 7.39. The summed E-state index contributed by atoms with van der Waals surface area (Å²) in [5.74, 6) is -2.08.